The number of carbonyl (C=O) groups is 1. The van der Waals surface area contributed by atoms with E-state index in [1.54, 1.807) is 13.8 Å². The van der Waals surface area contributed by atoms with Crippen molar-refractivity contribution in [3.63, 3.8) is 0 Å². The number of nitrogens with zero attached hydrogens (tertiary/aromatic N) is 2. The van der Waals surface area contributed by atoms with E-state index < -0.39 is 24.9 Å². The maximum Gasteiger partial charge on any atom is 0.277 e. The van der Waals surface area contributed by atoms with Crippen LogP contribution in [0.15, 0.2) is 6.07 Å². The number of hydrogen-bond acceptors (Lipinski definition) is 3. The summed E-state index contributed by atoms with van der Waals surface area (Å²) in [6.07, 6.45) is 0. The van der Waals surface area contributed by atoms with Crippen molar-refractivity contribution in [2.24, 2.45) is 5.73 Å². The van der Waals surface area contributed by atoms with Crippen LogP contribution in [0.25, 0.3) is 0 Å². The fourth-order valence-corrected chi connectivity index (χ4v) is 1.33. The highest BCUT2D eigenvalue weighted by molar-refractivity contribution is 5.85. The summed E-state index contributed by atoms with van der Waals surface area (Å²) in [5, 5.41) is 6.19. The minimum Gasteiger partial charge on any atom is -0.348 e. The Balaban J connectivity index is 0. The SMILES string of the molecule is Cc1cc(C)n(CC(=O)NCC(F)(F)CN)n1.Cl.Cl. The van der Waals surface area contributed by atoms with Crippen molar-refractivity contribution in [3.8, 4) is 0 Å². The van der Waals surface area contributed by atoms with E-state index in [-0.39, 0.29) is 31.4 Å². The summed E-state index contributed by atoms with van der Waals surface area (Å²) < 4.78 is 27.0. The van der Waals surface area contributed by atoms with Crippen molar-refractivity contribution < 1.29 is 13.6 Å². The number of nitrogens with one attached hydrogen (secondary N) is 1. The molecule has 5 nitrogen and oxygen atoms in total. The van der Waals surface area contributed by atoms with E-state index in [1.165, 1.54) is 4.68 Å². The summed E-state index contributed by atoms with van der Waals surface area (Å²) in [7, 11) is 0. The zero-order chi connectivity index (χ0) is 13.1. The van der Waals surface area contributed by atoms with Crippen molar-refractivity contribution in [1.82, 2.24) is 15.1 Å². The molecule has 0 atom stereocenters. The van der Waals surface area contributed by atoms with Crippen LogP contribution in [-0.2, 0) is 11.3 Å². The van der Waals surface area contributed by atoms with Crippen LogP contribution in [0.2, 0.25) is 0 Å². The molecule has 0 radical (unpaired) electrons. The van der Waals surface area contributed by atoms with Crippen LogP contribution in [0.1, 0.15) is 11.4 Å². The van der Waals surface area contributed by atoms with Gasteiger partial charge in [0.25, 0.3) is 5.92 Å². The van der Waals surface area contributed by atoms with Crippen molar-refractivity contribution in [2.75, 3.05) is 13.1 Å². The van der Waals surface area contributed by atoms with Crippen LogP contribution in [0, 0.1) is 13.8 Å². The predicted octanol–water partition coefficient (Wildman–Crippen LogP) is 1.05. The van der Waals surface area contributed by atoms with E-state index in [9.17, 15) is 13.6 Å². The molecule has 3 N–H and O–H groups in total. The Hall–Kier alpha value is -0.920. The molecule has 0 aromatic carbocycles. The third-order valence-electron chi connectivity index (χ3n) is 2.24. The van der Waals surface area contributed by atoms with Gasteiger partial charge >= 0.3 is 0 Å². The van der Waals surface area contributed by atoms with Crippen LogP contribution in [0.5, 0.6) is 0 Å². The number of rotatable bonds is 5. The summed E-state index contributed by atoms with van der Waals surface area (Å²) in [4.78, 5) is 11.4. The monoisotopic (exact) mass is 318 g/mol. The molecule has 1 amide bonds. The average Bonchev–Trinajstić information content (AvgIpc) is 2.55. The number of nitrogens with two attached hydrogens (primary N) is 1. The Morgan fingerprint density at radius 3 is 2.47 bits per heavy atom. The van der Waals surface area contributed by atoms with Gasteiger partial charge < -0.3 is 11.1 Å². The van der Waals surface area contributed by atoms with Gasteiger partial charge in [0.2, 0.25) is 5.91 Å². The third-order valence-corrected chi connectivity index (χ3v) is 2.24. The van der Waals surface area contributed by atoms with Gasteiger partial charge in [-0.05, 0) is 19.9 Å². The number of aromatic nitrogens is 2. The van der Waals surface area contributed by atoms with Crippen LogP contribution in [0.3, 0.4) is 0 Å². The molecule has 0 aliphatic rings. The molecule has 1 heterocycles. The fourth-order valence-electron chi connectivity index (χ4n) is 1.33. The fraction of sp³-hybridized carbons (Fsp3) is 0.600. The first-order valence-electron chi connectivity index (χ1n) is 5.20. The maximum atomic E-state index is 12.8. The van der Waals surface area contributed by atoms with Gasteiger partial charge in [0.15, 0.2) is 0 Å². The lowest BCUT2D eigenvalue weighted by Crippen LogP contribution is -2.42. The van der Waals surface area contributed by atoms with E-state index in [0.29, 0.717) is 0 Å². The number of alkyl halides is 2. The summed E-state index contributed by atoms with van der Waals surface area (Å²) in [6, 6.07) is 1.81. The second kappa shape index (κ2) is 8.29. The molecule has 0 aliphatic heterocycles. The molecule has 1 aromatic rings. The molecule has 9 heteroatoms. The van der Waals surface area contributed by atoms with Gasteiger partial charge in [-0.15, -0.1) is 24.8 Å². The molecule has 0 saturated heterocycles. The Bertz CT molecular complexity index is 412. The molecule has 112 valence electrons. The van der Waals surface area contributed by atoms with Crippen LogP contribution < -0.4 is 11.1 Å². The van der Waals surface area contributed by atoms with Gasteiger partial charge in [-0.1, -0.05) is 0 Å². The first-order chi connectivity index (χ1) is 7.84. The van der Waals surface area contributed by atoms with Gasteiger partial charge in [0.1, 0.15) is 6.54 Å². The molecule has 1 rings (SSSR count). The molecule has 19 heavy (non-hydrogen) atoms. The summed E-state index contributed by atoms with van der Waals surface area (Å²) in [6.45, 7) is 1.99. The summed E-state index contributed by atoms with van der Waals surface area (Å²) in [5.74, 6) is -3.57. The minimum absolute atomic E-state index is 0. The molecule has 0 unspecified atom stereocenters. The molecule has 0 fully saturated rings. The number of carbonyl (C=O) groups excluding carboxylic acids is 1. The van der Waals surface area contributed by atoms with Crippen molar-refractivity contribution in [1.29, 1.82) is 0 Å². The molecular weight excluding hydrogens is 301 g/mol. The number of aryl methyl sites for hydroxylation is 2. The topological polar surface area (TPSA) is 72.9 Å². The Morgan fingerprint density at radius 1 is 1.47 bits per heavy atom. The zero-order valence-electron chi connectivity index (χ0n) is 10.7. The first kappa shape index (κ1) is 20.4. The molecule has 0 saturated carbocycles. The van der Waals surface area contributed by atoms with Gasteiger partial charge in [0, 0.05) is 5.69 Å². The Morgan fingerprint density at radius 2 is 2.05 bits per heavy atom. The van der Waals surface area contributed by atoms with Crippen LogP contribution >= 0.6 is 24.8 Å². The normalized spacial score (nSPS) is 10.4. The Labute approximate surface area is 122 Å². The van der Waals surface area contributed by atoms with Gasteiger partial charge in [-0.2, -0.15) is 5.10 Å². The number of amides is 1. The van der Waals surface area contributed by atoms with E-state index in [1.807, 2.05) is 6.07 Å². The number of halogens is 4. The lowest BCUT2D eigenvalue weighted by Gasteiger charge is -2.14. The van der Waals surface area contributed by atoms with Gasteiger partial charge in [0.05, 0.1) is 18.8 Å². The highest BCUT2D eigenvalue weighted by Gasteiger charge is 2.27. The van der Waals surface area contributed by atoms with E-state index in [0.717, 1.165) is 11.4 Å². The molecule has 0 spiro atoms. The van der Waals surface area contributed by atoms with Gasteiger partial charge in [-0.3, -0.25) is 9.48 Å². The summed E-state index contributed by atoms with van der Waals surface area (Å²) >= 11 is 0. The minimum atomic E-state index is -3.06. The standard InChI is InChI=1S/C10H16F2N4O.2ClH/c1-7-3-8(2)16(15-7)4-9(17)14-6-10(11,12)5-13;;/h3H,4-6,13H2,1-2H3,(H,14,17);2*1H. The van der Waals surface area contributed by atoms with E-state index in [4.69, 9.17) is 5.73 Å². The van der Waals surface area contributed by atoms with Crippen molar-refractivity contribution in [3.05, 3.63) is 17.5 Å². The average molecular weight is 319 g/mol. The highest BCUT2D eigenvalue weighted by Crippen LogP contribution is 2.08. The maximum absolute atomic E-state index is 12.8. The highest BCUT2D eigenvalue weighted by atomic mass is 35.5. The molecule has 0 bridgehead atoms. The second-order valence-corrected chi connectivity index (χ2v) is 3.92. The zero-order valence-corrected chi connectivity index (χ0v) is 12.3. The predicted molar refractivity (Wildman–Crippen MR) is 73.2 cm³/mol. The smallest absolute Gasteiger partial charge is 0.277 e. The van der Waals surface area contributed by atoms with Gasteiger partial charge in [-0.25, -0.2) is 8.78 Å². The summed E-state index contributed by atoms with van der Waals surface area (Å²) in [5.41, 5.74) is 6.44. The van der Waals surface area contributed by atoms with Crippen molar-refractivity contribution in [2.45, 2.75) is 26.3 Å². The lowest BCUT2D eigenvalue weighted by atomic mass is 10.3. The molecule has 1 aromatic heterocycles. The second-order valence-electron chi connectivity index (χ2n) is 3.92. The van der Waals surface area contributed by atoms with Crippen LogP contribution in [-0.4, -0.2) is 34.7 Å². The third kappa shape index (κ3) is 6.70. The number of hydrogen-bond donors (Lipinski definition) is 2. The van der Waals surface area contributed by atoms with Crippen molar-refractivity contribution >= 4 is 30.7 Å². The molecular formula is C10H18Cl2F2N4O. The van der Waals surface area contributed by atoms with Crippen LogP contribution in [0.4, 0.5) is 8.78 Å². The lowest BCUT2D eigenvalue weighted by molar-refractivity contribution is -0.123. The Kier molecular flexibility index (Phi) is 8.90. The first-order valence-corrected chi connectivity index (χ1v) is 5.20. The van der Waals surface area contributed by atoms with E-state index >= 15 is 0 Å². The van der Waals surface area contributed by atoms with E-state index in [2.05, 4.69) is 10.4 Å². The molecule has 0 aliphatic carbocycles. The quantitative estimate of drug-likeness (QED) is 0.852. The largest absolute Gasteiger partial charge is 0.348 e.